The number of nitrogens with one attached hydrogen (secondary N) is 1. The quantitative estimate of drug-likeness (QED) is 0.557. The van der Waals surface area contributed by atoms with Crippen LogP contribution in [0.3, 0.4) is 0 Å². The van der Waals surface area contributed by atoms with Crippen LogP contribution in [0.4, 0.5) is 10.5 Å². The van der Waals surface area contributed by atoms with Crippen molar-refractivity contribution < 1.29 is 14.3 Å². The molecule has 5 heteroatoms. The second-order valence-electron chi connectivity index (χ2n) is 2.52. The Balaban J connectivity index is 2.35. The van der Waals surface area contributed by atoms with Gasteiger partial charge in [0.1, 0.15) is 5.75 Å². The summed E-state index contributed by atoms with van der Waals surface area (Å²) in [6, 6.07) is 6.87. The van der Waals surface area contributed by atoms with Crippen LogP contribution < -0.4 is 15.8 Å². The molecule has 1 aromatic rings. The largest absolute Gasteiger partial charge is 0.457 e. The van der Waals surface area contributed by atoms with E-state index in [9.17, 15) is 4.79 Å². The predicted octanol–water partition coefficient (Wildman–Crippen LogP) is 0.961. The average molecular weight is 196 g/mol. The zero-order valence-electron chi connectivity index (χ0n) is 7.82. The Morgan fingerprint density at radius 3 is 3.00 bits per heavy atom. The molecule has 0 bridgehead atoms. The van der Waals surface area contributed by atoms with Crippen molar-refractivity contribution in [3.63, 3.8) is 0 Å². The van der Waals surface area contributed by atoms with Crippen molar-refractivity contribution in [1.29, 1.82) is 0 Å². The maximum atomic E-state index is 10.6. The summed E-state index contributed by atoms with van der Waals surface area (Å²) in [5.41, 5.74) is 6.12. The predicted molar refractivity (Wildman–Crippen MR) is 51.9 cm³/mol. The van der Waals surface area contributed by atoms with Crippen molar-refractivity contribution in [3.8, 4) is 5.75 Å². The average Bonchev–Trinajstić information content (AvgIpc) is 2.17. The Labute approximate surface area is 81.8 Å². The van der Waals surface area contributed by atoms with E-state index in [2.05, 4.69) is 10.1 Å². The lowest BCUT2D eigenvalue weighted by atomic mass is 10.3. The number of hydrogen-bond donors (Lipinski definition) is 2. The number of anilines is 1. The van der Waals surface area contributed by atoms with Crippen LogP contribution in [-0.4, -0.2) is 19.9 Å². The molecule has 0 aromatic heterocycles. The summed E-state index contributed by atoms with van der Waals surface area (Å²) in [5, 5.41) is 2.30. The highest BCUT2D eigenvalue weighted by Gasteiger charge is 1.98. The van der Waals surface area contributed by atoms with Crippen LogP contribution >= 0.6 is 0 Å². The lowest BCUT2D eigenvalue weighted by Crippen LogP contribution is -2.21. The van der Waals surface area contributed by atoms with Gasteiger partial charge in [0.05, 0.1) is 0 Å². The van der Waals surface area contributed by atoms with E-state index in [1.54, 1.807) is 24.3 Å². The summed E-state index contributed by atoms with van der Waals surface area (Å²) >= 11 is 0. The summed E-state index contributed by atoms with van der Waals surface area (Å²) < 4.78 is 9.72. The van der Waals surface area contributed by atoms with Gasteiger partial charge >= 0.3 is 6.09 Å². The fourth-order valence-electron chi connectivity index (χ4n) is 0.828. The zero-order chi connectivity index (χ0) is 10.4. The van der Waals surface area contributed by atoms with Gasteiger partial charge in [0.25, 0.3) is 0 Å². The Hall–Kier alpha value is -1.91. The molecule has 0 radical (unpaired) electrons. The van der Waals surface area contributed by atoms with Crippen LogP contribution in [0.5, 0.6) is 5.75 Å². The van der Waals surface area contributed by atoms with Crippen molar-refractivity contribution >= 4 is 11.8 Å². The van der Waals surface area contributed by atoms with E-state index in [1.165, 1.54) is 7.05 Å². The number of carbonyl (C=O) groups excluding carboxylic acids is 1. The Morgan fingerprint density at radius 1 is 1.57 bits per heavy atom. The van der Waals surface area contributed by atoms with Crippen LogP contribution in [0.15, 0.2) is 24.3 Å². The number of amides is 1. The Kier molecular flexibility index (Phi) is 3.60. The molecule has 76 valence electrons. The number of nitrogens with two attached hydrogens (primary N) is 1. The Morgan fingerprint density at radius 2 is 2.36 bits per heavy atom. The summed E-state index contributed by atoms with van der Waals surface area (Å²) in [5.74, 6) is 0.564. The highest BCUT2D eigenvalue weighted by Crippen LogP contribution is 2.13. The van der Waals surface area contributed by atoms with E-state index in [0.717, 1.165) is 0 Å². The molecule has 0 atom stereocenters. The number of alkyl carbamates (subject to hydrolysis) is 1. The first-order valence-corrected chi connectivity index (χ1v) is 4.05. The van der Waals surface area contributed by atoms with Crippen LogP contribution in [0.25, 0.3) is 0 Å². The molecule has 0 aliphatic heterocycles. The molecule has 0 unspecified atom stereocenters. The van der Waals surface area contributed by atoms with Gasteiger partial charge in [0.2, 0.25) is 6.79 Å². The van der Waals surface area contributed by atoms with Gasteiger partial charge in [-0.3, -0.25) is 0 Å². The molecule has 1 rings (SSSR count). The first-order chi connectivity index (χ1) is 6.72. The number of benzene rings is 1. The molecule has 0 aliphatic carbocycles. The molecule has 0 spiro atoms. The van der Waals surface area contributed by atoms with Gasteiger partial charge in [-0.05, 0) is 12.1 Å². The molecule has 5 nitrogen and oxygen atoms in total. The summed E-state index contributed by atoms with van der Waals surface area (Å²) in [4.78, 5) is 10.6. The molecule has 0 saturated carbocycles. The third-order valence-corrected chi connectivity index (χ3v) is 1.48. The van der Waals surface area contributed by atoms with Gasteiger partial charge in [0, 0.05) is 18.8 Å². The maximum absolute atomic E-state index is 10.6. The molecule has 3 N–H and O–H groups in total. The van der Waals surface area contributed by atoms with Crippen LogP contribution in [0.1, 0.15) is 0 Å². The second-order valence-corrected chi connectivity index (χ2v) is 2.52. The van der Waals surface area contributed by atoms with E-state index in [0.29, 0.717) is 11.4 Å². The maximum Gasteiger partial charge on any atom is 0.409 e. The molecule has 1 aromatic carbocycles. The van der Waals surface area contributed by atoms with Gasteiger partial charge in [-0.15, -0.1) is 0 Å². The Bertz CT molecular complexity index is 315. The van der Waals surface area contributed by atoms with E-state index in [1.807, 2.05) is 0 Å². The molecular formula is C9H12N2O3. The van der Waals surface area contributed by atoms with Gasteiger partial charge in [0.15, 0.2) is 0 Å². The highest BCUT2D eigenvalue weighted by atomic mass is 16.7. The van der Waals surface area contributed by atoms with Gasteiger partial charge in [-0.2, -0.15) is 0 Å². The molecule has 14 heavy (non-hydrogen) atoms. The van der Waals surface area contributed by atoms with Crippen LogP contribution in [0.2, 0.25) is 0 Å². The van der Waals surface area contributed by atoms with E-state index < -0.39 is 6.09 Å². The molecule has 0 fully saturated rings. The number of carbonyl (C=O) groups is 1. The fraction of sp³-hybridized carbons (Fsp3) is 0.222. The number of rotatable bonds is 3. The third-order valence-electron chi connectivity index (χ3n) is 1.48. The van der Waals surface area contributed by atoms with Crippen molar-refractivity contribution in [2.24, 2.45) is 0 Å². The number of ether oxygens (including phenoxy) is 2. The highest BCUT2D eigenvalue weighted by molar-refractivity contribution is 5.66. The summed E-state index contributed by atoms with van der Waals surface area (Å²) in [7, 11) is 1.48. The minimum absolute atomic E-state index is 0.136. The topological polar surface area (TPSA) is 73.6 Å². The van der Waals surface area contributed by atoms with Crippen molar-refractivity contribution in [1.82, 2.24) is 5.32 Å². The van der Waals surface area contributed by atoms with E-state index >= 15 is 0 Å². The van der Waals surface area contributed by atoms with Crippen molar-refractivity contribution in [3.05, 3.63) is 24.3 Å². The van der Waals surface area contributed by atoms with Crippen molar-refractivity contribution in [2.45, 2.75) is 0 Å². The smallest absolute Gasteiger partial charge is 0.409 e. The third kappa shape index (κ3) is 3.22. The van der Waals surface area contributed by atoms with Gasteiger partial charge in [-0.25, -0.2) is 4.79 Å². The number of hydrogen-bond acceptors (Lipinski definition) is 4. The molecule has 0 aliphatic rings. The molecular weight excluding hydrogens is 184 g/mol. The zero-order valence-corrected chi connectivity index (χ0v) is 7.82. The van der Waals surface area contributed by atoms with Gasteiger partial charge in [-0.1, -0.05) is 6.07 Å². The molecule has 0 heterocycles. The minimum Gasteiger partial charge on any atom is -0.457 e. The van der Waals surface area contributed by atoms with Gasteiger partial charge < -0.3 is 20.5 Å². The minimum atomic E-state index is -0.533. The summed E-state index contributed by atoms with van der Waals surface area (Å²) in [6.45, 7) is -0.136. The van der Waals surface area contributed by atoms with E-state index in [4.69, 9.17) is 10.5 Å². The van der Waals surface area contributed by atoms with E-state index in [-0.39, 0.29) is 6.79 Å². The molecule has 1 amide bonds. The van der Waals surface area contributed by atoms with Crippen LogP contribution in [0, 0.1) is 0 Å². The number of nitrogen functional groups attached to an aromatic ring is 1. The fourth-order valence-corrected chi connectivity index (χ4v) is 0.828. The van der Waals surface area contributed by atoms with Crippen molar-refractivity contribution in [2.75, 3.05) is 19.6 Å². The SMILES string of the molecule is CNC(=O)OCOc1cccc(N)c1. The second kappa shape index (κ2) is 4.96. The normalized spacial score (nSPS) is 9.21. The first kappa shape index (κ1) is 10.2. The molecule has 0 saturated heterocycles. The monoisotopic (exact) mass is 196 g/mol. The first-order valence-electron chi connectivity index (χ1n) is 4.05. The van der Waals surface area contributed by atoms with Crippen LogP contribution in [-0.2, 0) is 4.74 Å². The standard InChI is InChI=1S/C9H12N2O3/c1-11-9(12)14-6-13-8-4-2-3-7(10)5-8/h2-5H,6,10H2,1H3,(H,11,12). The lowest BCUT2D eigenvalue weighted by molar-refractivity contribution is 0.0609. The lowest BCUT2D eigenvalue weighted by Gasteiger charge is -2.06. The summed E-state index contributed by atoms with van der Waals surface area (Å²) in [6.07, 6.45) is -0.533.